The molecule has 0 aliphatic heterocycles. The fraction of sp³-hybridized carbons (Fsp3) is 0.286. The molecule has 0 saturated heterocycles. The second-order valence-corrected chi connectivity index (χ2v) is 3.80. The fourth-order valence-electron chi connectivity index (χ4n) is 1.75. The highest BCUT2D eigenvalue weighted by molar-refractivity contribution is 5.57. The van der Waals surface area contributed by atoms with E-state index in [1.54, 1.807) is 0 Å². The van der Waals surface area contributed by atoms with Crippen molar-refractivity contribution in [3.63, 3.8) is 0 Å². The van der Waals surface area contributed by atoms with E-state index in [1.165, 1.54) is 12.8 Å². The Bertz CT molecular complexity index is 351. The van der Waals surface area contributed by atoms with Gasteiger partial charge in [-0.25, -0.2) is 0 Å². The molecule has 1 heteroatoms. The van der Waals surface area contributed by atoms with Crippen LogP contribution >= 0.6 is 0 Å². The highest BCUT2D eigenvalue weighted by Gasteiger charge is 2.10. The van der Waals surface area contributed by atoms with E-state index >= 15 is 0 Å². The van der Waals surface area contributed by atoms with Crippen LogP contribution < -0.4 is 0 Å². The zero-order chi connectivity index (χ0) is 10.5. The SMILES string of the molecule is C=C(OC1C=CCCC1)c1ccccc1. The Morgan fingerprint density at radius 2 is 2.07 bits per heavy atom. The summed E-state index contributed by atoms with van der Waals surface area (Å²) < 4.78 is 5.80. The predicted octanol–water partition coefficient (Wildman–Crippen LogP) is 3.78. The first kappa shape index (κ1) is 10.0. The van der Waals surface area contributed by atoms with E-state index in [0.29, 0.717) is 0 Å². The molecule has 0 saturated carbocycles. The predicted molar refractivity (Wildman–Crippen MR) is 63.3 cm³/mol. The number of benzene rings is 1. The quantitative estimate of drug-likeness (QED) is 0.533. The minimum Gasteiger partial charge on any atom is -0.486 e. The maximum absolute atomic E-state index is 5.80. The van der Waals surface area contributed by atoms with Crippen LogP contribution in [0.5, 0.6) is 0 Å². The molecule has 0 bridgehead atoms. The summed E-state index contributed by atoms with van der Waals surface area (Å²) in [6, 6.07) is 10.0. The molecule has 2 rings (SSSR count). The van der Waals surface area contributed by atoms with Crippen LogP contribution in [-0.4, -0.2) is 6.10 Å². The molecule has 1 atom stereocenters. The van der Waals surface area contributed by atoms with Crippen LogP contribution in [0, 0.1) is 0 Å². The standard InChI is InChI=1S/C14H16O/c1-12(13-8-4-2-5-9-13)15-14-10-6-3-7-11-14/h2,4-6,8-10,14H,1,3,7,11H2. The second-order valence-electron chi connectivity index (χ2n) is 3.80. The number of hydrogen-bond acceptors (Lipinski definition) is 1. The Labute approximate surface area is 91.1 Å². The molecule has 1 aliphatic carbocycles. The van der Waals surface area contributed by atoms with Crippen LogP contribution in [0.3, 0.4) is 0 Å². The van der Waals surface area contributed by atoms with Gasteiger partial charge < -0.3 is 4.74 Å². The summed E-state index contributed by atoms with van der Waals surface area (Å²) in [4.78, 5) is 0. The van der Waals surface area contributed by atoms with Gasteiger partial charge in [0.05, 0.1) is 0 Å². The van der Waals surface area contributed by atoms with Crippen LogP contribution in [0.1, 0.15) is 24.8 Å². The molecule has 78 valence electrons. The Morgan fingerprint density at radius 1 is 1.27 bits per heavy atom. The molecule has 0 N–H and O–H groups in total. The summed E-state index contributed by atoms with van der Waals surface area (Å²) in [5.41, 5.74) is 1.07. The van der Waals surface area contributed by atoms with Gasteiger partial charge in [0.2, 0.25) is 0 Å². The van der Waals surface area contributed by atoms with E-state index in [-0.39, 0.29) is 6.10 Å². The van der Waals surface area contributed by atoms with Crippen molar-refractivity contribution in [2.24, 2.45) is 0 Å². The van der Waals surface area contributed by atoms with Gasteiger partial charge >= 0.3 is 0 Å². The van der Waals surface area contributed by atoms with Gasteiger partial charge in [-0.2, -0.15) is 0 Å². The van der Waals surface area contributed by atoms with Gasteiger partial charge in [-0.3, -0.25) is 0 Å². The Kier molecular flexibility index (Phi) is 3.23. The minimum atomic E-state index is 0.214. The Morgan fingerprint density at radius 3 is 2.73 bits per heavy atom. The second kappa shape index (κ2) is 4.83. The van der Waals surface area contributed by atoms with Gasteiger partial charge in [-0.15, -0.1) is 0 Å². The maximum Gasteiger partial charge on any atom is 0.120 e. The van der Waals surface area contributed by atoms with E-state index in [4.69, 9.17) is 4.74 Å². The van der Waals surface area contributed by atoms with E-state index < -0.39 is 0 Å². The summed E-state index contributed by atoms with van der Waals surface area (Å²) in [5, 5.41) is 0. The summed E-state index contributed by atoms with van der Waals surface area (Å²) >= 11 is 0. The summed E-state index contributed by atoms with van der Waals surface area (Å²) in [5.74, 6) is 0.771. The van der Waals surface area contributed by atoms with Crippen LogP contribution in [0.4, 0.5) is 0 Å². The lowest BCUT2D eigenvalue weighted by molar-refractivity contribution is 0.195. The maximum atomic E-state index is 5.80. The summed E-state index contributed by atoms with van der Waals surface area (Å²) in [6.45, 7) is 3.96. The van der Waals surface area contributed by atoms with Gasteiger partial charge in [0, 0.05) is 5.56 Å². The van der Waals surface area contributed by atoms with Crippen molar-refractivity contribution in [2.75, 3.05) is 0 Å². The smallest absolute Gasteiger partial charge is 0.120 e. The first-order valence-corrected chi connectivity index (χ1v) is 5.44. The number of rotatable bonds is 3. The average molecular weight is 200 g/mol. The van der Waals surface area contributed by atoms with Crippen molar-refractivity contribution >= 4 is 5.76 Å². The topological polar surface area (TPSA) is 9.23 Å². The van der Waals surface area contributed by atoms with Gasteiger partial charge in [0.15, 0.2) is 0 Å². The summed E-state index contributed by atoms with van der Waals surface area (Å²) in [6.07, 6.45) is 8.03. The molecule has 1 aromatic carbocycles. The molecule has 0 fully saturated rings. The van der Waals surface area contributed by atoms with Crippen LogP contribution in [0.25, 0.3) is 5.76 Å². The van der Waals surface area contributed by atoms with E-state index in [9.17, 15) is 0 Å². The van der Waals surface area contributed by atoms with Crippen molar-refractivity contribution in [3.05, 3.63) is 54.6 Å². The highest BCUT2D eigenvalue weighted by atomic mass is 16.5. The third-order valence-corrected chi connectivity index (χ3v) is 2.60. The normalized spacial score (nSPS) is 19.9. The van der Waals surface area contributed by atoms with Gasteiger partial charge in [-0.05, 0) is 25.3 Å². The van der Waals surface area contributed by atoms with Crippen molar-refractivity contribution in [1.82, 2.24) is 0 Å². The lowest BCUT2D eigenvalue weighted by Crippen LogP contribution is -2.11. The van der Waals surface area contributed by atoms with E-state index in [1.807, 2.05) is 30.3 Å². The number of hydrogen-bond donors (Lipinski definition) is 0. The van der Waals surface area contributed by atoms with Crippen LogP contribution in [-0.2, 0) is 4.74 Å². The van der Waals surface area contributed by atoms with E-state index in [0.717, 1.165) is 17.7 Å². The van der Waals surface area contributed by atoms with Crippen LogP contribution in [0.15, 0.2) is 49.1 Å². The largest absolute Gasteiger partial charge is 0.486 e. The fourth-order valence-corrected chi connectivity index (χ4v) is 1.75. The van der Waals surface area contributed by atoms with Crippen molar-refractivity contribution in [3.8, 4) is 0 Å². The molecule has 0 spiro atoms. The van der Waals surface area contributed by atoms with Gasteiger partial charge in [-0.1, -0.05) is 43.0 Å². The zero-order valence-corrected chi connectivity index (χ0v) is 8.86. The van der Waals surface area contributed by atoms with Crippen molar-refractivity contribution < 1.29 is 4.74 Å². The minimum absolute atomic E-state index is 0.214. The zero-order valence-electron chi connectivity index (χ0n) is 8.86. The molecule has 1 nitrogen and oxygen atoms in total. The molecule has 0 radical (unpaired) electrons. The third kappa shape index (κ3) is 2.72. The van der Waals surface area contributed by atoms with Crippen molar-refractivity contribution in [2.45, 2.75) is 25.4 Å². The first-order chi connectivity index (χ1) is 7.36. The van der Waals surface area contributed by atoms with Crippen molar-refractivity contribution in [1.29, 1.82) is 0 Å². The van der Waals surface area contributed by atoms with E-state index in [2.05, 4.69) is 18.7 Å². The molecular formula is C14H16O. The molecule has 0 heterocycles. The highest BCUT2D eigenvalue weighted by Crippen LogP contribution is 2.21. The Hall–Kier alpha value is -1.50. The number of allylic oxidation sites excluding steroid dienone is 1. The lowest BCUT2D eigenvalue weighted by atomic mass is 10.1. The molecule has 1 aromatic rings. The first-order valence-electron chi connectivity index (χ1n) is 5.44. The monoisotopic (exact) mass is 200 g/mol. The molecule has 0 aromatic heterocycles. The molecule has 1 unspecified atom stereocenters. The molecule has 0 amide bonds. The van der Waals surface area contributed by atoms with Gasteiger partial charge in [0.1, 0.15) is 11.9 Å². The van der Waals surface area contributed by atoms with Crippen LogP contribution in [0.2, 0.25) is 0 Å². The lowest BCUT2D eigenvalue weighted by Gasteiger charge is -2.19. The third-order valence-electron chi connectivity index (χ3n) is 2.60. The van der Waals surface area contributed by atoms with Gasteiger partial charge in [0.25, 0.3) is 0 Å². The molecule has 15 heavy (non-hydrogen) atoms. The number of ether oxygens (including phenoxy) is 1. The molecule has 1 aliphatic rings. The Balaban J connectivity index is 1.98. The summed E-state index contributed by atoms with van der Waals surface area (Å²) in [7, 11) is 0. The average Bonchev–Trinajstić information content (AvgIpc) is 2.31. The molecular weight excluding hydrogens is 184 g/mol.